The first-order valence-corrected chi connectivity index (χ1v) is 13.8. The molecule has 1 heterocycles. The Kier molecular flexibility index (Phi) is 8.24. The van der Waals surface area contributed by atoms with Gasteiger partial charge in [-0.15, -0.1) is 0 Å². The zero-order valence-electron chi connectivity index (χ0n) is 20.0. The molecule has 0 unspecified atom stereocenters. The van der Waals surface area contributed by atoms with Crippen LogP contribution in [-0.4, -0.2) is 75.9 Å². The number of rotatable bonds is 8. The van der Waals surface area contributed by atoms with Crippen LogP contribution < -0.4 is 10.2 Å². The van der Waals surface area contributed by atoms with Gasteiger partial charge < -0.3 is 10.2 Å². The van der Waals surface area contributed by atoms with Crippen LogP contribution in [0.15, 0.2) is 59.5 Å². The lowest BCUT2D eigenvalue weighted by Gasteiger charge is -2.36. The van der Waals surface area contributed by atoms with Crippen molar-refractivity contribution < 1.29 is 13.2 Å². The van der Waals surface area contributed by atoms with Crippen molar-refractivity contribution in [2.45, 2.75) is 43.0 Å². The molecule has 1 saturated heterocycles. The molecule has 2 aromatic carbocycles. The lowest BCUT2D eigenvalue weighted by atomic mass is 9.96. The van der Waals surface area contributed by atoms with Crippen molar-refractivity contribution in [3.63, 3.8) is 0 Å². The summed E-state index contributed by atoms with van der Waals surface area (Å²) in [7, 11) is -1.96. The zero-order valence-corrected chi connectivity index (χ0v) is 20.8. The molecule has 2 aliphatic rings. The van der Waals surface area contributed by atoms with E-state index in [1.54, 1.807) is 25.2 Å². The summed E-state index contributed by atoms with van der Waals surface area (Å²) >= 11 is 0. The number of benzene rings is 2. The molecule has 1 aliphatic heterocycles. The van der Waals surface area contributed by atoms with Gasteiger partial charge in [0, 0.05) is 63.6 Å². The van der Waals surface area contributed by atoms with Crippen LogP contribution in [0.5, 0.6) is 0 Å². The molecule has 0 spiro atoms. The molecule has 2 aromatic rings. The number of hydrogen-bond acceptors (Lipinski definition) is 5. The van der Waals surface area contributed by atoms with Gasteiger partial charge in [-0.25, -0.2) is 8.42 Å². The highest BCUT2D eigenvalue weighted by Gasteiger charge is 2.29. The third-order valence-corrected chi connectivity index (χ3v) is 8.98. The van der Waals surface area contributed by atoms with Crippen molar-refractivity contribution >= 4 is 21.6 Å². The van der Waals surface area contributed by atoms with E-state index in [9.17, 15) is 13.2 Å². The Hall–Kier alpha value is -2.42. The highest BCUT2D eigenvalue weighted by Crippen LogP contribution is 2.26. The van der Waals surface area contributed by atoms with Gasteiger partial charge in [0.05, 0.1) is 4.90 Å². The minimum Gasteiger partial charge on any atom is -0.369 e. The molecule has 0 radical (unpaired) electrons. The fourth-order valence-corrected chi connectivity index (χ4v) is 6.37. The van der Waals surface area contributed by atoms with E-state index in [1.165, 1.54) is 22.5 Å². The minimum absolute atomic E-state index is 0.0404. The summed E-state index contributed by atoms with van der Waals surface area (Å²) in [6, 6.07) is 16.9. The van der Waals surface area contributed by atoms with Crippen LogP contribution in [0.3, 0.4) is 0 Å². The van der Waals surface area contributed by atoms with Crippen LogP contribution >= 0.6 is 0 Å². The van der Waals surface area contributed by atoms with Crippen LogP contribution in [0.2, 0.25) is 0 Å². The molecule has 0 bridgehead atoms. The number of para-hydroxylation sites is 1. The van der Waals surface area contributed by atoms with Gasteiger partial charge in [-0.05, 0) is 43.2 Å². The predicted octanol–water partition coefficient (Wildman–Crippen LogP) is 3.19. The molecule has 184 valence electrons. The second-order valence-corrected chi connectivity index (χ2v) is 11.3. The summed E-state index contributed by atoms with van der Waals surface area (Å²) < 4.78 is 27.8. The van der Waals surface area contributed by atoms with Crippen molar-refractivity contribution in [1.29, 1.82) is 0 Å². The lowest BCUT2D eigenvalue weighted by molar-refractivity contribution is 0.0947. The Morgan fingerprint density at radius 1 is 0.971 bits per heavy atom. The van der Waals surface area contributed by atoms with Crippen LogP contribution in [0.1, 0.15) is 42.5 Å². The van der Waals surface area contributed by atoms with Crippen LogP contribution in [0.4, 0.5) is 5.69 Å². The first-order valence-electron chi connectivity index (χ1n) is 12.3. The number of amides is 1. The van der Waals surface area contributed by atoms with Gasteiger partial charge in [0.2, 0.25) is 10.0 Å². The number of anilines is 1. The molecule has 1 N–H and O–H groups in total. The third kappa shape index (κ3) is 5.98. The Bertz CT molecular complexity index is 1050. The molecule has 4 rings (SSSR count). The maximum absolute atomic E-state index is 13.1. The smallest absolute Gasteiger partial charge is 0.251 e. The Morgan fingerprint density at radius 3 is 2.38 bits per heavy atom. The van der Waals surface area contributed by atoms with Gasteiger partial charge in [0.25, 0.3) is 5.91 Å². The first kappa shape index (κ1) is 24.7. The summed E-state index contributed by atoms with van der Waals surface area (Å²) in [5, 5.41) is 2.96. The lowest BCUT2D eigenvalue weighted by Crippen LogP contribution is -2.48. The second-order valence-electron chi connectivity index (χ2n) is 9.26. The van der Waals surface area contributed by atoms with Crippen molar-refractivity contribution in [2.75, 3.05) is 51.2 Å². The van der Waals surface area contributed by atoms with Crippen LogP contribution in [0.25, 0.3) is 0 Å². The molecule has 1 amide bonds. The molecule has 0 atom stereocenters. The van der Waals surface area contributed by atoms with Gasteiger partial charge in [-0.3, -0.25) is 9.69 Å². The van der Waals surface area contributed by atoms with Gasteiger partial charge in [0.1, 0.15) is 0 Å². The third-order valence-electron chi connectivity index (χ3n) is 7.07. The monoisotopic (exact) mass is 484 g/mol. The highest BCUT2D eigenvalue weighted by molar-refractivity contribution is 7.89. The molecule has 1 saturated carbocycles. The van der Waals surface area contributed by atoms with Crippen molar-refractivity contribution in [1.82, 2.24) is 14.5 Å². The normalized spacial score (nSPS) is 18.2. The largest absolute Gasteiger partial charge is 0.369 e. The zero-order chi connectivity index (χ0) is 24.0. The molecule has 8 heteroatoms. The van der Waals surface area contributed by atoms with E-state index in [-0.39, 0.29) is 16.8 Å². The Morgan fingerprint density at radius 2 is 1.68 bits per heavy atom. The highest BCUT2D eigenvalue weighted by atomic mass is 32.2. The van der Waals surface area contributed by atoms with Crippen LogP contribution in [0, 0.1) is 0 Å². The molecule has 7 nitrogen and oxygen atoms in total. The first-order chi connectivity index (χ1) is 16.4. The van der Waals surface area contributed by atoms with Gasteiger partial charge in [-0.1, -0.05) is 43.5 Å². The summed E-state index contributed by atoms with van der Waals surface area (Å²) in [4.78, 5) is 17.6. The quantitative estimate of drug-likeness (QED) is 0.623. The van der Waals surface area contributed by atoms with E-state index in [1.807, 2.05) is 6.07 Å². The number of nitrogens with zero attached hydrogens (tertiary/aromatic N) is 3. The van der Waals surface area contributed by atoms with Gasteiger partial charge >= 0.3 is 0 Å². The topological polar surface area (TPSA) is 73.0 Å². The summed E-state index contributed by atoms with van der Waals surface area (Å²) in [5.74, 6) is -0.236. The van der Waals surface area contributed by atoms with Crippen LogP contribution in [-0.2, 0) is 10.0 Å². The number of piperazine rings is 1. The van der Waals surface area contributed by atoms with E-state index in [4.69, 9.17) is 0 Å². The summed E-state index contributed by atoms with van der Waals surface area (Å²) in [5.41, 5.74) is 1.63. The average Bonchev–Trinajstić information content (AvgIpc) is 2.89. The summed E-state index contributed by atoms with van der Waals surface area (Å²) in [6.45, 7) is 5.14. The van der Waals surface area contributed by atoms with Gasteiger partial charge in [0.15, 0.2) is 0 Å². The fraction of sp³-hybridized carbons (Fsp3) is 0.500. The van der Waals surface area contributed by atoms with E-state index in [2.05, 4.69) is 39.4 Å². The molecule has 34 heavy (non-hydrogen) atoms. The molecule has 2 fully saturated rings. The SMILES string of the molecule is CN(C1CCCCC1)S(=O)(=O)c1cccc(C(=O)NCCN2CCN(c3ccccc3)CC2)c1. The maximum Gasteiger partial charge on any atom is 0.251 e. The average molecular weight is 485 g/mol. The number of carbonyl (C=O) groups is 1. The minimum atomic E-state index is -3.62. The Balaban J connectivity index is 1.27. The molecular weight excluding hydrogens is 448 g/mol. The number of nitrogens with one attached hydrogen (secondary N) is 1. The molecular formula is C26H36N4O3S. The van der Waals surface area contributed by atoms with E-state index in [0.717, 1.165) is 58.4 Å². The number of hydrogen-bond donors (Lipinski definition) is 1. The predicted molar refractivity (Wildman–Crippen MR) is 136 cm³/mol. The van der Waals surface area contributed by atoms with E-state index >= 15 is 0 Å². The molecule has 1 aliphatic carbocycles. The van der Waals surface area contributed by atoms with Gasteiger partial charge in [-0.2, -0.15) is 4.31 Å². The van der Waals surface area contributed by atoms with Crippen molar-refractivity contribution in [3.8, 4) is 0 Å². The van der Waals surface area contributed by atoms with E-state index < -0.39 is 10.0 Å². The Labute approximate surface area is 203 Å². The van der Waals surface area contributed by atoms with Crippen molar-refractivity contribution in [3.05, 3.63) is 60.2 Å². The standard InChI is InChI=1S/C26H36N4O3S/c1-28(23-10-4-2-5-11-23)34(32,33)25-14-8-9-22(21-25)26(31)27-15-16-29-17-19-30(20-18-29)24-12-6-3-7-13-24/h3,6-9,12-14,21,23H,2,4-5,10-11,15-20H2,1H3,(H,27,31). The number of sulfonamides is 1. The van der Waals surface area contributed by atoms with Crippen molar-refractivity contribution in [2.24, 2.45) is 0 Å². The van der Waals surface area contributed by atoms with E-state index in [0.29, 0.717) is 12.1 Å². The fourth-order valence-electron chi connectivity index (χ4n) is 4.90. The molecule has 0 aromatic heterocycles. The summed E-state index contributed by atoms with van der Waals surface area (Å²) in [6.07, 6.45) is 5.09. The second kappa shape index (κ2) is 11.3. The maximum atomic E-state index is 13.1. The number of carbonyl (C=O) groups excluding carboxylic acids is 1.